The first-order valence-corrected chi connectivity index (χ1v) is 6.82. The molecule has 0 unspecified atom stereocenters. The standard InChI is InChI=1S/C15H9BrF2N2O/c16-13-10(2-1-3-11(13)18)14-12(15(19)21-20-14)8-4-6-9(17)7-5-8/h1-7H,19H2. The van der Waals surface area contributed by atoms with Gasteiger partial charge >= 0.3 is 0 Å². The normalized spacial score (nSPS) is 10.8. The van der Waals surface area contributed by atoms with E-state index < -0.39 is 5.82 Å². The Bertz CT molecular complexity index is 800. The minimum Gasteiger partial charge on any atom is -0.367 e. The van der Waals surface area contributed by atoms with Crippen LogP contribution in [0.2, 0.25) is 0 Å². The highest BCUT2D eigenvalue weighted by molar-refractivity contribution is 9.10. The van der Waals surface area contributed by atoms with Gasteiger partial charge in [-0.25, -0.2) is 8.78 Å². The van der Waals surface area contributed by atoms with Crippen molar-refractivity contribution in [3.05, 3.63) is 58.6 Å². The molecule has 2 aromatic carbocycles. The monoisotopic (exact) mass is 350 g/mol. The molecular formula is C15H9BrF2N2O. The average Bonchev–Trinajstić information content (AvgIpc) is 2.85. The number of hydrogen-bond donors (Lipinski definition) is 1. The van der Waals surface area contributed by atoms with Gasteiger partial charge in [-0.2, -0.15) is 0 Å². The second-order valence-corrected chi connectivity index (χ2v) is 5.17. The maximum Gasteiger partial charge on any atom is 0.230 e. The largest absolute Gasteiger partial charge is 0.367 e. The SMILES string of the molecule is Nc1onc(-c2cccc(F)c2Br)c1-c1ccc(F)cc1. The summed E-state index contributed by atoms with van der Waals surface area (Å²) in [4.78, 5) is 0. The zero-order valence-electron chi connectivity index (χ0n) is 10.6. The zero-order chi connectivity index (χ0) is 15.0. The Morgan fingerprint density at radius 3 is 2.48 bits per heavy atom. The first-order chi connectivity index (χ1) is 10.1. The average molecular weight is 351 g/mol. The Kier molecular flexibility index (Phi) is 3.47. The highest BCUT2D eigenvalue weighted by Crippen LogP contribution is 2.39. The van der Waals surface area contributed by atoms with Gasteiger partial charge in [0, 0.05) is 5.56 Å². The molecule has 0 radical (unpaired) electrons. The summed E-state index contributed by atoms with van der Waals surface area (Å²) >= 11 is 3.19. The molecule has 0 bridgehead atoms. The smallest absolute Gasteiger partial charge is 0.230 e. The quantitative estimate of drug-likeness (QED) is 0.732. The highest BCUT2D eigenvalue weighted by Gasteiger charge is 2.20. The van der Waals surface area contributed by atoms with Gasteiger partial charge in [0.15, 0.2) is 0 Å². The Balaban J connectivity index is 2.22. The third-order valence-corrected chi connectivity index (χ3v) is 3.86. The summed E-state index contributed by atoms with van der Waals surface area (Å²) in [5.74, 6) is -0.686. The molecule has 3 aromatic rings. The second kappa shape index (κ2) is 5.29. The number of nitrogens with zero attached hydrogens (tertiary/aromatic N) is 1. The van der Waals surface area contributed by atoms with Crippen LogP contribution in [0.3, 0.4) is 0 Å². The molecule has 106 valence electrons. The van der Waals surface area contributed by atoms with Crippen LogP contribution in [0.1, 0.15) is 0 Å². The molecule has 21 heavy (non-hydrogen) atoms. The Morgan fingerprint density at radius 2 is 1.76 bits per heavy atom. The van der Waals surface area contributed by atoms with Gasteiger partial charge in [0.25, 0.3) is 0 Å². The molecule has 2 N–H and O–H groups in total. The molecule has 0 saturated heterocycles. The van der Waals surface area contributed by atoms with Gasteiger partial charge in [-0.05, 0) is 39.7 Å². The third-order valence-electron chi connectivity index (χ3n) is 3.06. The van der Waals surface area contributed by atoms with Gasteiger partial charge in [0.05, 0.1) is 10.0 Å². The van der Waals surface area contributed by atoms with E-state index >= 15 is 0 Å². The second-order valence-electron chi connectivity index (χ2n) is 4.38. The van der Waals surface area contributed by atoms with E-state index in [0.717, 1.165) is 0 Å². The molecule has 0 spiro atoms. The van der Waals surface area contributed by atoms with E-state index in [0.29, 0.717) is 22.4 Å². The molecule has 0 atom stereocenters. The molecule has 3 nitrogen and oxygen atoms in total. The van der Waals surface area contributed by atoms with E-state index in [1.165, 1.54) is 18.2 Å². The first-order valence-electron chi connectivity index (χ1n) is 6.03. The van der Waals surface area contributed by atoms with Crippen LogP contribution in [-0.2, 0) is 0 Å². The molecule has 0 fully saturated rings. The fourth-order valence-electron chi connectivity index (χ4n) is 2.07. The van der Waals surface area contributed by atoms with Crippen molar-refractivity contribution in [3.63, 3.8) is 0 Å². The van der Waals surface area contributed by atoms with Crippen LogP contribution < -0.4 is 5.73 Å². The maximum absolute atomic E-state index is 13.7. The summed E-state index contributed by atoms with van der Waals surface area (Å²) in [7, 11) is 0. The zero-order valence-corrected chi connectivity index (χ0v) is 12.2. The summed E-state index contributed by atoms with van der Waals surface area (Å²) < 4.78 is 32.0. The van der Waals surface area contributed by atoms with E-state index in [1.54, 1.807) is 24.3 Å². The predicted molar refractivity (Wildman–Crippen MR) is 79.4 cm³/mol. The predicted octanol–water partition coefficient (Wildman–Crippen LogP) is 4.63. The van der Waals surface area contributed by atoms with Gasteiger partial charge in [-0.1, -0.05) is 29.4 Å². The van der Waals surface area contributed by atoms with E-state index in [9.17, 15) is 8.78 Å². The first kappa shape index (κ1) is 13.8. The minimum absolute atomic E-state index is 0.0905. The van der Waals surface area contributed by atoms with Crippen LogP contribution in [0.5, 0.6) is 0 Å². The number of hydrogen-bond acceptors (Lipinski definition) is 3. The van der Waals surface area contributed by atoms with Gasteiger partial charge in [0.1, 0.15) is 17.3 Å². The summed E-state index contributed by atoms with van der Waals surface area (Å²) in [6, 6.07) is 10.3. The number of nitrogen functional groups attached to an aromatic ring is 1. The van der Waals surface area contributed by atoms with E-state index in [-0.39, 0.29) is 16.2 Å². The number of rotatable bonds is 2. The topological polar surface area (TPSA) is 52.0 Å². The van der Waals surface area contributed by atoms with Crippen molar-refractivity contribution in [2.75, 3.05) is 5.73 Å². The molecule has 0 saturated carbocycles. The van der Waals surface area contributed by atoms with Crippen LogP contribution in [0, 0.1) is 11.6 Å². The molecule has 1 heterocycles. The number of benzene rings is 2. The van der Waals surface area contributed by atoms with E-state index in [4.69, 9.17) is 10.3 Å². The van der Waals surface area contributed by atoms with Gasteiger partial charge in [-0.15, -0.1) is 0 Å². The fraction of sp³-hybridized carbons (Fsp3) is 0. The van der Waals surface area contributed by atoms with Gasteiger partial charge < -0.3 is 10.3 Å². The number of aromatic nitrogens is 1. The number of anilines is 1. The Hall–Kier alpha value is -2.21. The number of nitrogens with two attached hydrogens (primary N) is 1. The third kappa shape index (κ3) is 2.42. The van der Waals surface area contributed by atoms with E-state index in [2.05, 4.69) is 21.1 Å². The van der Waals surface area contributed by atoms with Crippen molar-refractivity contribution in [2.45, 2.75) is 0 Å². The minimum atomic E-state index is -0.417. The lowest BCUT2D eigenvalue weighted by Gasteiger charge is -2.05. The molecule has 6 heteroatoms. The lowest BCUT2D eigenvalue weighted by molar-refractivity contribution is 0.439. The van der Waals surface area contributed by atoms with E-state index in [1.807, 2.05) is 0 Å². The lowest BCUT2D eigenvalue weighted by atomic mass is 10.0. The van der Waals surface area contributed by atoms with Crippen molar-refractivity contribution < 1.29 is 13.3 Å². The van der Waals surface area contributed by atoms with Crippen molar-refractivity contribution in [2.24, 2.45) is 0 Å². The summed E-state index contributed by atoms with van der Waals surface area (Å²) in [5, 5.41) is 3.90. The molecule has 0 aliphatic carbocycles. The molecule has 0 aliphatic heterocycles. The molecule has 0 aliphatic rings. The summed E-state index contributed by atoms with van der Waals surface area (Å²) in [5.41, 5.74) is 7.85. The Morgan fingerprint density at radius 1 is 1.05 bits per heavy atom. The van der Waals surface area contributed by atoms with Crippen LogP contribution in [0.15, 0.2) is 51.5 Å². The Labute approximate surface area is 127 Å². The molecule has 0 amide bonds. The fourth-order valence-corrected chi connectivity index (χ4v) is 2.52. The van der Waals surface area contributed by atoms with Crippen LogP contribution in [0.25, 0.3) is 22.4 Å². The highest BCUT2D eigenvalue weighted by atomic mass is 79.9. The maximum atomic E-state index is 13.7. The van der Waals surface area contributed by atoms with Crippen molar-refractivity contribution in [1.29, 1.82) is 0 Å². The molecule has 1 aromatic heterocycles. The summed E-state index contributed by atoms with van der Waals surface area (Å²) in [6.45, 7) is 0. The number of halogens is 3. The van der Waals surface area contributed by atoms with Crippen LogP contribution >= 0.6 is 15.9 Å². The summed E-state index contributed by atoms with van der Waals surface area (Å²) in [6.07, 6.45) is 0. The van der Waals surface area contributed by atoms with Gasteiger partial charge in [-0.3, -0.25) is 0 Å². The van der Waals surface area contributed by atoms with Crippen LogP contribution in [-0.4, -0.2) is 5.16 Å². The van der Waals surface area contributed by atoms with Crippen LogP contribution in [0.4, 0.5) is 14.7 Å². The molecular weight excluding hydrogens is 342 g/mol. The van der Waals surface area contributed by atoms with Crippen molar-refractivity contribution >= 4 is 21.8 Å². The lowest BCUT2D eigenvalue weighted by Crippen LogP contribution is -1.90. The molecule has 3 rings (SSSR count). The van der Waals surface area contributed by atoms with Gasteiger partial charge in [0.2, 0.25) is 5.88 Å². The van der Waals surface area contributed by atoms with Crippen molar-refractivity contribution in [3.8, 4) is 22.4 Å². The van der Waals surface area contributed by atoms with Crippen molar-refractivity contribution in [1.82, 2.24) is 5.16 Å².